The Balaban J connectivity index is 0.906. The minimum absolute atomic E-state index is 0.0666. The lowest BCUT2D eigenvalue weighted by atomic mass is 10.0. The van der Waals surface area contributed by atoms with E-state index in [2.05, 4.69) is 33.5 Å². The second kappa shape index (κ2) is 16.0. The van der Waals surface area contributed by atoms with Crippen LogP contribution >= 0.6 is 0 Å². The van der Waals surface area contributed by atoms with Crippen LogP contribution in [-0.2, 0) is 30.4 Å². The van der Waals surface area contributed by atoms with E-state index >= 15 is 0 Å². The van der Waals surface area contributed by atoms with E-state index in [1.807, 2.05) is 23.1 Å². The summed E-state index contributed by atoms with van der Waals surface area (Å²) in [6.07, 6.45) is 7.29. The minimum atomic E-state index is -0.925. The highest BCUT2D eigenvalue weighted by molar-refractivity contribution is 6.00. The molecule has 0 bridgehead atoms. The van der Waals surface area contributed by atoms with Crippen LogP contribution in [-0.4, -0.2) is 115 Å². The molecule has 3 aliphatic heterocycles. The summed E-state index contributed by atoms with van der Waals surface area (Å²) < 4.78 is 10.8. The number of ketones is 1. The summed E-state index contributed by atoms with van der Waals surface area (Å²) in [7, 11) is 0. The van der Waals surface area contributed by atoms with Gasteiger partial charge >= 0.3 is 6.03 Å². The summed E-state index contributed by atoms with van der Waals surface area (Å²) in [6, 6.07) is 5.13. The van der Waals surface area contributed by atoms with Gasteiger partial charge in [0.15, 0.2) is 5.78 Å². The summed E-state index contributed by atoms with van der Waals surface area (Å²) in [5.41, 5.74) is 8.91. The first-order chi connectivity index (χ1) is 22.3. The number of carbonyl (C=O) groups is 4. The van der Waals surface area contributed by atoms with Gasteiger partial charge in [-0.05, 0) is 48.6 Å². The number of nitrogens with zero attached hydrogens (tertiary/aromatic N) is 3. The van der Waals surface area contributed by atoms with E-state index < -0.39 is 12.3 Å². The van der Waals surface area contributed by atoms with Crippen LogP contribution in [0.1, 0.15) is 48.6 Å². The third-order valence-corrected chi connectivity index (χ3v) is 8.55. The monoisotopic (exact) mass is 634 g/mol. The fourth-order valence-corrected chi connectivity index (χ4v) is 6.03. The van der Waals surface area contributed by atoms with Crippen LogP contribution in [0.5, 0.6) is 0 Å². The molecule has 13 heteroatoms. The highest BCUT2D eigenvalue weighted by Gasteiger charge is 2.39. The Labute approximate surface area is 268 Å². The van der Waals surface area contributed by atoms with Gasteiger partial charge in [-0.15, -0.1) is 0 Å². The van der Waals surface area contributed by atoms with Gasteiger partial charge in [0.2, 0.25) is 11.8 Å². The van der Waals surface area contributed by atoms with Crippen LogP contribution < -0.4 is 16.4 Å². The molecular weight excluding hydrogens is 592 g/mol. The predicted molar refractivity (Wildman–Crippen MR) is 168 cm³/mol. The Morgan fingerprint density at radius 1 is 1.13 bits per heavy atom. The number of piperazine rings is 1. The lowest BCUT2D eigenvalue weighted by Gasteiger charge is -2.38. The van der Waals surface area contributed by atoms with E-state index in [4.69, 9.17) is 15.2 Å². The van der Waals surface area contributed by atoms with Crippen LogP contribution in [0.2, 0.25) is 0 Å². The standard InChI is InChI=1S/C33H42N6O7/c34-25-5-7-26(8-6-25)37-13-15-38(16-14-37)33(44)35-12-2-18-46-22-27(40)21-45-17-1-3-23-4-9-28-24(19-23)20-39(32(28)43)29-10-11-30(41)36-31(29)42/h4-7,9,19,26,29,32,43H,2,8,10-18,20-22,34H2,(H,35,44)(H,36,41,42). The quantitative estimate of drug-likeness (QED) is 0.149. The third kappa shape index (κ3) is 8.80. The molecule has 3 atom stereocenters. The number of ether oxygens (including phenoxy) is 2. The summed E-state index contributed by atoms with van der Waals surface area (Å²) in [5.74, 6) is 5.01. The van der Waals surface area contributed by atoms with E-state index in [0.717, 1.165) is 36.3 Å². The van der Waals surface area contributed by atoms with Crippen molar-refractivity contribution in [3.05, 3.63) is 58.8 Å². The number of piperidine rings is 1. The fraction of sp³-hybridized carbons (Fsp3) is 0.515. The number of amides is 4. The van der Waals surface area contributed by atoms with E-state index in [1.54, 1.807) is 17.0 Å². The van der Waals surface area contributed by atoms with Crippen molar-refractivity contribution in [2.75, 3.05) is 59.2 Å². The first-order valence-electron chi connectivity index (χ1n) is 15.8. The Morgan fingerprint density at radius 2 is 1.93 bits per heavy atom. The number of fused-ring (bicyclic) bond motifs is 1. The van der Waals surface area contributed by atoms with Crippen molar-refractivity contribution in [3.8, 4) is 11.8 Å². The molecular formula is C33H42N6O7. The summed E-state index contributed by atoms with van der Waals surface area (Å²) in [4.78, 5) is 54.2. The molecule has 0 aromatic heterocycles. The summed E-state index contributed by atoms with van der Waals surface area (Å²) >= 11 is 0. The van der Waals surface area contributed by atoms with Gasteiger partial charge in [0.1, 0.15) is 26.0 Å². The number of nitrogens with two attached hydrogens (primary N) is 1. The number of urea groups is 1. The maximum absolute atomic E-state index is 12.5. The van der Waals surface area contributed by atoms with Gasteiger partial charge < -0.3 is 30.5 Å². The molecule has 1 aromatic carbocycles. The van der Waals surface area contributed by atoms with Crippen LogP contribution in [0.4, 0.5) is 4.79 Å². The van der Waals surface area contributed by atoms with Crippen LogP contribution in [0.25, 0.3) is 0 Å². The van der Waals surface area contributed by atoms with E-state index in [9.17, 15) is 24.3 Å². The topological polar surface area (TPSA) is 167 Å². The number of carbonyl (C=O) groups excluding carboxylic acids is 4. The van der Waals surface area contributed by atoms with Gasteiger partial charge in [-0.3, -0.25) is 29.5 Å². The Hall–Kier alpha value is -4.06. The molecule has 1 aliphatic carbocycles. The molecule has 3 unspecified atom stereocenters. The second-order valence-electron chi connectivity index (χ2n) is 11.8. The molecule has 46 heavy (non-hydrogen) atoms. The number of allylic oxidation sites excluding steroid dienone is 1. The van der Waals surface area contributed by atoms with Crippen molar-refractivity contribution in [1.82, 2.24) is 25.3 Å². The van der Waals surface area contributed by atoms with Crippen LogP contribution in [0, 0.1) is 11.8 Å². The highest BCUT2D eigenvalue weighted by atomic mass is 16.5. The highest BCUT2D eigenvalue weighted by Crippen LogP contribution is 2.35. The molecule has 0 radical (unpaired) electrons. The minimum Gasteiger partial charge on any atom is -0.399 e. The van der Waals surface area contributed by atoms with Crippen molar-refractivity contribution < 1.29 is 33.8 Å². The van der Waals surface area contributed by atoms with Crippen LogP contribution in [0.3, 0.4) is 0 Å². The molecule has 5 rings (SSSR count). The number of aliphatic hydroxyl groups excluding tert-OH is 1. The second-order valence-corrected chi connectivity index (χ2v) is 11.8. The molecule has 4 aliphatic rings. The first kappa shape index (κ1) is 33.3. The molecule has 4 amide bonds. The Morgan fingerprint density at radius 3 is 2.70 bits per heavy atom. The van der Waals surface area contributed by atoms with Crippen LogP contribution in [0.15, 0.2) is 42.1 Å². The number of aliphatic hydroxyl groups is 1. The van der Waals surface area contributed by atoms with Crippen molar-refractivity contribution >= 4 is 23.6 Å². The molecule has 3 heterocycles. The average Bonchev–Trinajstić information content (AvgIpc) is 3.37. The number of hydrogen-bond acceptors (Lipinski definition) is 10. The molecule has 246 valence electrons. The van der Waals surface area contributed by atoms with Crippen molar-refractivity contribution in [3.63, 3.8) is 0 Å². The molecule has 2 fully saturated rings. The number of Topliss-reactive ketones (excluding diaryl/α,β-unsaturated/α-hetero) is 1. The molecule has 2 saturated heterocycles. The number of rotatable bonds is 11. The zero-order chi connectivity index (χ0) is 32.5. The molecule has 1 aromatic rings. The number of nitrogens with one attached hydrogen (secondary N) is 2. The average molecular weight is 635 g/mol. The normalized spacial score (nSPS) is 23.3. The van der Waals surface area contributed by atoms with Gasteiger partial charge in [0, 0.05) is 69.6 Å². The smallest absolute Gasteiger partial charge is 0.317 e. The first-order valence-corrected chi connectivity index (χ1v) is 15.8. The molecule has 0 spiro atoms. The SMILES string of the molecule is NC1=CCC(N2CCN(C(=O)NCCCOCC(=O)COCC#Cc3ccc4c(c3)CN(C3CCC(=O)NC3=O)C4O)CC2)C=C1. The van der Waals surface area contributed by atoms with E-state index in [-0.39, 0.29) is 49.9 Å². The Kier molecular flexibility index (Phi) is 11.6. The molecule has 5 N–H and O–H groups in total. The van der Waals surface area contributed by atoms with Gasteiger partial charge in [0.25, 0.3) is 0 Å². The third-order valence-electron chi connectivity index (χ3n) is 8.55. The largest absolute Gasteiger partial charge is 0.399 e. The van der Waals surface area contributed by atoms with Crippen molar-refractivity contribution in [1.29, 1.82) is 0 Å². The van der Waals surface area contributed by atoms with E-state index in [1.165, 1.54) is 0 Å². The maximum atomic E-state index is 12.5. The van der Waals surface area contributed by atoms with Gasteiger partial charge in [-0.25, -0.2) is 4.79 Å². The number of imide groups is 1. The number of hydrogen-bond donors (Lipinski definition) is 4. The van der Waals surface area contributed by atoms with Crippen molar-refractivity contribution in [2.24, 2.45) is 5.73 Å². The molecule has 0 saturated carbocycles. The zero-order valence-electron chi connectivity index (χ0n) is 25.9. The van der Waals surface area contributed by atoms with Gasteiger partial charge in [-0.2, -0.15) is 0 Å². The lowest BCUT2D eigenvalue weighted by molar-refractivity contribution is -0.141. The Bertz CT molecular complexity index is 1420. The van der Waals surface area contributed by atoms with Crippen molar-refractivity contribution in [2.45, 2.75) is 50.5 Å². The van der Waals surface area contributed by atoms with E-state index in [0.29, 0.717) is 57.2 Å². The lowest BCUT2D eigenvalue weighted by Crippen LogP contribution is -2.54. The van der Waals surface area contributed by atoms with Gasteiger partial charge in [0.05, 0.1) is 6.04 Å². The van der Waals surface area contributed by atoms with Gasteiger partial charge in [-0.1, -0.05) is 30.1 Å². The number of benzene rings is 1. The zero-order valence-corrected chi connectivity index (χ0v) is 25.9. The fourth-order valence-electron chi connectivity index (χ4n) is 6.03. The summed E-state index contributed by atoms with van der Waals surface area (Å²) in [5, 5.41) is 16.0. The molecule has 13 nitrogen and oxygen atoms in total. The maximum Gasteiger partial charge on any atom is 0.317 e. The predicted octanol–water partition coefficient (Wildman–Crippen LogP) is 0.141. The summed E-state index contributed by atoms with van der Waals surface area (Å²) in [6.45, 7) is 4.05.